The summed E-state index contributed by atoms with van der Waals surface area (Å²) < 4.78 is 0. The smallest absolute Gasteiger partial charge is 0.0238 e. The van der Waals surface area contributed by atoms with Gasteiger partial charge >= 0.3 is 0 Å². The maximum Gasteiger partial charge on any atom is -0.0238 e. The molecule has 0 heterocycles. The van der Waals surface area contributed by atoms with Crippen LogP contribution in [0.25, 0.3) is 0 Å². The van der Waals surface area contributed by atoms with Crippen LogP contribution in [0.2, 0.25) is 0 Å². The van der Waals surface area contributed by atoms with Gasteiger partial charge in [0.05, 0.1) is 0 Å². The van der Waals surface area contributed by atoms with E-state index in [-0.39, 0.29) is 0 Å². The van der Waals surface area contributed by atoms with Crippen molar-refractivity contribution in [3.63, 3.8) is 0 Å². The maximum atomic E-state index is 2.75. The molecule has 0 aromatic heterocycles. The van der Waals surface area contributed by atoms with Crippen LogP contribution in [0.1, 0.15) is 113 Å². The Hall–Kier alpha value is 0. The molecule has 8 unspecified atom stereocenters. The van der Waals surface area contributed by atoms with E-state index in [9.17, 15) is 0 Å². The molecule has 0 heteroatoms. The summed E-state index contributed by atoms with van der Waals surface area (Å²) in [6.07, 6.45) is 13.5. The molecule has 0 aliphatic heterocycles. The third-order valence-electron chi connectivity index (χ3n) is 12.0. The highest BCUT2D eigenvalue weighted by Gasteiger charge is 2.69. The Bertz CT molecular complexity index is 573. The lowest BCUT2D eigenvalue weighted by Crippen LogP contribution is -2.54. The second kappa shape index (κ2) is 6.25. The summed E-state index contributed by atoms with van der Waals surface area (Å²) >= 11 is 0. The average molecular weight is 373 g/mol. The Balaban J connectivity index is 1.65. The van der Waals surface area contributed by atoms with Crippen LogP contribution in [-0.4, -0.2) is 0 Å². The molecule has 0 N–H and O–H groups in total. The lowest BCUT2D eigenvalue weighted by molar-refractivity contribution is -0.123. The van der Waals surface area contributed by atoms with Gasteiger partial charge in [-0.3, -0.25) is 0 Å². The van der Waals surface area contributed by atoms with Crippen molar-refractivity contribution in [3.05, 3.63) is 0 Å². The van der Waals surface area contributed by atoms with Crippen LogP contribution >= 0.6 is 0 Å². The topological polar surface area (TPSA) is 0 Å². The molecule has 0 amide bonds. The summed E-state index contributed by atoms with van der Waals surface area (Å²) in [7, 11) is 0. The lowest BCUT2D eigenvalue weighted by atomic mass is 9.44. The summed E-state index contributed by atoms with van der Waals surface area (Å²) in [6, 6.07) is 0. The molecule has 4 aliphatic rings. The predicted molar refractivity (Wildman–Crippen MR) is 118 cm³/mol. The van der Waals surface area contributed by atoms with Crippen molar-refractivity contribution in [1.82, 2.24) is 0 Å². The third-order valence-corrected chi connectivity index (χ3v) is 12.0. The molecule has 0 aromatic carbocycles. The van der Waals surface area contributed by atoms with Crippen LogP contribution in [-0.2, 0) is 0 Å². The van der Waals surface area contributed by atoms with Gasteiger partial charge in [-0.05, 0) is 109 Å². The van der Waals surface area contributed by atoms with Crippen molar-refractivity contribution in [2.75, 3.05) is 0 Å². The first-order chi connectivity index (χ1) is 12.5. The van der Waals surface area contributed by atoms with Gasteiger partial charge < -0.3 is 0 Å². The summed E-state index contributed by atoms with van der Waals surface area (Å²) in [5.74, 6) is 5.73. The van der Waals surface area contributed by atoms with Gasteiger partial charge in [0.1, 0.15) is 0 Å². The van der Waals surface area contributed by atoms with Crippen LogP contribution in [0, 0.1) is 57.2 Å². The monoisotopic (exact) mass is 372 g/mol. The van der Waals surface area contributed by atoms with E-state index >= 15 is 0 Å². The number of fused-ring (bicyclic) bond motifs is 5. The van der Waals surface area contributed by atoms with E-state index in [1.165, 1.54) is 51.4 Å². The van der Waals surface area contributed by atoms with Crippen molar-refractivity contribution in [2.45, 2.75) is 113 Å². The molecule has 8 atom stereocenters. The van der Waals surface area contributed by atoms with Crippen LogP contribution in [0.3, 0.4) is 0 Å². The van der Waals surface area contributed by atoms with E-state index in [2.05, 4.69) is 55.4 Å². The Morgan fingerprint density at radius 1 is 0.815 bits per heavy atom. The lowest BCUT2D eigenvalue weighted by Gasteiger charge is -2.61. The summed E-state index contributed by atoms with van der Waals surface area (Å²) in [4.78, 5) is 0. The van der Waals surface area contributed by atoms with E-state index in [4.69, 9.17) is 0 Å². The fourth-order valence-electron chi connectivity index (χ4n) is 9.57. The first kappa shape index (κ1) is 20.3. The zero-order valence-corrected chi connectivity index (χ0v) is 19.8. The molecule has 0 aromatic rings. The Morgan fingerprint density at radius 3 is 2.19 bits per heavy atom. The van der Waals surface area contributed by atoms with E-state index in [0.717, 1.165) is 35.5 Å². The molecule has 27 heavy (non-hydrogen) atoms. The molecule has 4 aliphatic carbocycles. The standard InChI is InChI=1S/C27H48/c1-18(2)9-10-20-14-16-26(7)21-11-12-23-24(4,5)19(3)13-15-25(23,6)22(21)17-27(20,26)8/h18-23H,9-17H2,1-8H3. The van der Waals surface area contributed by atoms with Crippen molar-refractivity contribution in [2.24, 2.45) is 57.2 Å². The summed E-state index contributed by atoms with van der Waals surface area (Å²) in [6.45, 7) is 20.9. The minimum atomic E-state index is 0.536. The molecule has 0 saturated heterocycles. The van der Waals surface area contributed by atoms with Crippen LogP contribution < -0.4 is 0 Å². The van der Waals surface area contributed by atoms with Crippen molar-refractivity contribution in [3.8, 4) is 0 Å². The van der Waals surface area contributed by atoms with E-state index in [1.807, 2.05) is 0 Å². The number of rotatable bonds is 3. The number of hydrogen-bond donors (Lipinski definition) is 0. The van der Waals surface area contributed by atoms with Crippen LogP contribution in [0.5, 0.6) is 0 Å². The normalized spacial score (nSPS) is 53.9. The molecule has 4 saturated carbocycles. The molecular weight excluding hydrogens is 324 g/mol. The highest BCUT2D eigenvalue weighted by Crippen LogP contribution is 2.77. The first-order valence-corrected chi connectivity index (χ1v) is 12.5. The average Bonchev–Trinajstić information content (AvgIpc) is 2.96. The second-order valence-electron chi connectivity index (χ2n) is 13.4. The zero-order chi connectivity index (χ0) is 19.8. The first-order valence-electron chi connectivity index (χ1n) is 12.5. The van der Waals surface area contributed by atoms with Gasteiger partial charge in [-0.25, -0.2) is 0 Å². The van der Waals surface area contributed by atoms with E-state index in [1.54, 1.807) is 6.42 Å². The molecule has 4 rings (SSSR count). The molecule has 4 fully saturated rings. The number of hydrogen-bond acceptors (Lipinski definition) is 0. The van der Waals surface area contributed by atoms with Crippen molar-refractivity contribution in [1.29, 1.82) is 0 Å². The largest absolute Gasteiger partial charge is 0.0628 e. The molecule has 0 nitrogen and oxygen atoms in total. The Kier molecular flexibility index (Phi) is 4.69. The van der Waals surface area contributed by atoms with Crippen molar-refractivity contribution >= 4 is 0 Å². The van der Waals surface area contributed by atoms with Crippen LogP contribution in [0.4, 0.5) is 0 Å². The molecule has 0 radical (unpaired) electrons. The highest BCUT2D eigenvalue weighted by atomic mass is 14.7. The van der Waals surface area contributed by atoms with Gasteiger partial charge in [0, 0.05) is 0 Å². The highest BCUT2D eigenvalue weighted by molar-refractivity contribution is 5.18. The van der Waals surface area contributed by atoms with Gasteiger partial charge in [-0.1, -0.05) is 61.8 Å². The Morgan fingerprint density at radius 2 is 1.52 bits per heavy atom. The van der Waals surface area contributed by atoms with Crippen LogP contribution in [0.15, 0.2) is 0 Å². The van der Waals surface area contributed by atoms with Crippen molar-refractivity contribution < 1.29 is 0 Å². The van der Waals surface area contributed by atoms with Gasteiger partial charge in [0.25, 0.3) is 0 Å². The second-order valence-corrected chi connectivity index (χ2v) is 13.4. The van der Waals surface area contributed by atoms with Gasteiger partial charge in [0.2, 0.25) is 0 Å². The minimum Gasteiger partial charge on any atom is -0.0628 e. The quantitative estimate of drug-likeness (QED) is 0.467. The van der Waals surface area contributed by atoms with Gasteiger partial charge in [0.15, 0.2) is 0 Å². The fraction of sp³-hybridized carbons (Fsp3) is 1.00. The molecule has 0 bridgehead atoms. The molecule has 0 spiro atoms. The van der Waals surface area contributed by atoms with Gasteiger partial charge in [-0.2, -0.15) is 0 Å². The molecular formula is C27H48. The zero-order valence-electron chi connectivity index (χ0n) is 19.8. The maximum absolute atomic E-state index is 2.75. The van der Waals surface area contributed by atoms with E-state index in [0.29, 0.717) is 21.7 Å². The third kappa shape index (κ3) is 2.59. The predicted octanol–water partition coefficient (Wildman–Crippen LogP) is 8.35. The Labute approximate surface area is 170 Å². The van der Waals surface area contributed by atoms with Gasteiger partial charge in [-0.15, -0.1) is 0 Å². The SMILES string of the molecule is CC(C)CCC1CCC2(C)C3CCC4C(C)(C)C(C)CCC4(C)C3CC12C. The fourth-order valence-corrected chi connectivity index (χ4v) is 9.57. The van der Waals surface area contributed by atoms with E-state index < -0.39 is 0 Å². The summed E-state index contributed by atoms with van der Waals surface area (Å²) in [5, 5.41) is 0. The minimum absolute atomic E-state index is 0.536. The summed E-state index contributed by atoms with van der Waals surface area (Å²) in [5.41, 5.74) is 2.38. The molecule has 156 valence electrons.